The van der Waals surface area contributed by atoms with E-state index < -0.39 is 18.0 Å². The van der Waals surface area contributed by atoms with Crippen molar-refractivity contribution in [2.75, 3.05) is 31.0 Å². The number of imide groups is 1. The lowest BCUT2D eigenvalue weighted by molar-refractivity contribution is -0.124. The molecule has 0 spiro atoms. The highest BCUT2D eigenvalue weighted by Crippen LogP contribution is 2.29. The average Bonchev–Trinajstić information content (AvgIpc) is 2.98. The molecule has 0 bridgehead atoms. The molecule has 8 nitrogen and oxygen atoms in total. The summed E-state index contributed by atoms with van der Waals surface area (Å²) in [6, 6.07) is 12.3. The SMILES string of the molecule is COc1ccc(NC(=O)C[C@H]2C(=O)N(c3ccc(OC)cc3)C(=O)N2CC(C)C)cc1. The Bertz CT molecular complexity index is 941. The van der Waals surface area contributed by atoms with E-state index in [1.54, 1.807) is 62.8 Å². The number of urea groups is 1. The number of carbonyl (C=O) groups excluding carboxylic acids is 3. The van der Waals surface area contributed by atoms with Crippen LogP contribution in [-0.4, -0.2) is 49.6 Å². The fourth-order valence-corrected chi connectivity index (χ4v) is 3.47. The van der Waals surface area contributed by atoms with Crippen molar-refractivity contribution in [1.82, 2.24) is 4.90 Å². The molecule has 2 aromatic rings. The van der Waals surface area contributed by atoms with Gasteiger partial charge < -0.3 is 19.7 Å². The molecule has 0 saturated carbocycles. The van der Waals surface area contributed by atoms with Gasteiger partial charge in [0.15, 0.2) is 0 Å². The van der Waals surface area contributed by atoms with Crippen LogP contribution in [0.2, 0.25) is 0 Å². The van der Waals surface area contributed by atoms with Gasteiger partial charge in [-0.1, -0.05) is 13.8 Å². The zero-order valence-electron chi connectivity index (χ0n) is 18.1. The van der Waals surface area contributed by atoms with Gasteiger partial charge in [0.1, 0.15) is 17.5 Å². The Kier molecular flexibility index (Phi) is 6.79. The summed E-state index contributed by atoms with van der Waals surface area (Å²) >= 11 is 0. The lowest BCUT2D eigenvalue weighted by Gasteiger charge is -2.23. The maximum atomic E-state index is 13.2. The number of rotatable bonds is 8. The summed E-state index contributed by atoms with van der Waals surface area (Å²) in [5, 5.41) is 2.78. The summed E-state index contributed by atoms with van der Waals surface area (Å²) < 4.78 is 10.3. The predicted octanol–water partition coefficient (Wildman–Crippen LogP) is 3.53. The number of hydrogen-bond acceptors (Lipinski definition) is 5. The molecule has 1 atom stereocenters. The minimum atomic E-state index is -0.866. The van der Waals surface area contributed by atoms with Crippen molar-refractivity contribution in [3.05, 3.63) is 48.5 Å². The summed E-state index contributed by atoms with van der Waals surface area (Å²) in [6.07, 6.45) is -0.129. The van der Waals surface area contributed by atoms with E-state index in [-0.39, 0.29) is 18.2 Å². The molecule has 2 aromatic carbocycles. The third-order valence-electron chi connectivity index (χ3n) is 4.96. The van der Waals surface area contributed by atoms with E-state index in [0.717, 1.165) is 4.90 Å². The molecule has 164 valence electrons. The molecule has 1 saturated heterocycles. The number of carbonyl (C=O) groups is 3. The van der Waals surface area contributed by atoms with Gasteiger partial charge in [0.25, 0.3) is 5.91 Å². The Morgan fingerprint density at radius 1 is 0.968 bits per heavy atom. The standard InChI is InChI=1S/C23H27N3O5/c1-15(2)14-25-20(13-21(27)24-16-5-9-18(30-3)10-6-16)22(28)26(23(25)29)17-7-11-19(31-4)12-8-17/h5-12,15,20H,13-14H2,1-4H3,(H,24,27)/t20-/m0/s1. The van der Waals surface area contributed by atoms with Gasteiger partial charge in [-0.2, -0.15) is 0 Å². The van der Waals surface area contributed by atoms with Gasteiger partial charge in [0, 0.05) is 12.2 Å². The van der Waals surface area contributed by atoms with Gasteiger partial charge in [-0.15, -0.1) is 0 Å². The summed E-state index contributed by atoms with van der Waals surface area (Å²) in [7, 11) is 3.11. The van der Waals surface area contributed by atoms with E-state index in [1.165, 1.54) is 4.90 Å². The number of amides is 4. The number of ether oxygens (including phenoxy) is 2. The van der Waals surface area contributed by atoms with Crippen molar-refractivity contribution in [3.63, 3.8) is 0 Å². The van der Waals surface area contributed by atoms with Crippen molar-refractivity contribution in [2.24, 2.45) is 5.92 Å². The van der Waals surface area contributed by atoms with Crippen molar-refractivity contribution < 1.29 is 23.9 Å². The lowest BCUT2D eigenvalue weighted by atomic mass is 10.1. The molecule has 31 heavy (non-hydrogen) atoms. The number of nitrogens with one attached hydrogen (secondary N) is 1. The third-order valence-corrected chi connectivity index (χ3v) is 4.96. The molecule has 1 aliphatic rings. The largest absolute Gasteiger partial charge is 0.497 e. The molecule has 4 amide bonds. The zero-order chi connectivity index (χ0) is 22.5. The smallest absolute Gasteiger partial charge is 0.332 e. The van der Waals surface area contributed by atoms with Crippen LogP contribution in [0.25, 0.3) is 0 Å². The lowest BCUT2D eigenvalue weighted by Crippen LogP contribution is -2.40. The van der Waals surface area contributed by atoms with Crippen LogP contribution in [0.1, 0.15) is 20.3 Å². The monoisotopic (exact) mass is 425 g/mol. The van der Waals surface area contributed by atoms with E-state index in [9.17, 15) is 14.4 Å². The van der Waals surface area contributed by atoms with Gasteiger partial charge in [0.2, 0.25) is 5.91 Å². The van der Waals surface area contributed by atoms with E-state index in [0.29, 0.717) is 29.4 Å². The highest BCUT2D eigenvalue weighted by Gasteiger charge is 2.46. The first-order chi connectivity index (χ1) is 14.8. The molecule has 8 heteroatoms. The maximum absolute atomic E-state index is 13.2. The summed E-state index contributed by atoms with van der Waals surface area (Å²) in [6.45, 7) is 4.29. The normalized spacial score (nSPS) is 16.1. The van der Waals surface area contributed by atoms with Gasteiger partial charge in [-0.25, -0.2) is 9.69 Å². The molecule has 0 aromatic heterocycles. The summed E-state index contributed by atoms with van der Waals surface area (Å²) in [4.78, 5) is 41.5. The molecule has 1 heterocycles. The minimum Gasteiger partial charge on any atom is -0.497 e. The predicted molar refractivity (Wildman–Crippen MR) is 117 cm³/mol. The van der Waals surface area contributed by atoms with Gasteiger partial charge in [-0.3, -0.25) is 9.59 Å². The first-order valence-electron chi connectivity index (χ1n) is 10.1. The van der Waals surface area contributed by atoms with Crippen LogP contribution in [-0.2, 0) is 9.59 Å². The molecule has 0 unspecified atom stereocenters. The Labute approximate surface area is 181 Å². The topological polar surface area (TPSA) is 88.2 Å². The van der Waals surface area contributed by atoms with Crippen molar-refractivity contribution in [3.8, 4) is 11.5 Å². The van der Waals surface area contributed by atoms with Crippen LogP contribution in [0.3, 0.4) is 0 Å². The molecular weight excluding hydrogens is 398 g/mol. The first kappa shape index (κ1) is 22.1. The van der Waals surface area contributed by atoms with Gasteiger partial charge in [0.05, 0.1) is 26.3 Å². The number of methoxy groups -OCH3 is 2. The quantitative estimate of drug-likeness (QED) is 0.654. The van der Waals surface area contributed by atoms with Crippen LogP contribution >= 0.6 is 0 Å². The Morgan fingerprint density at radius 2 is 1.52 bits per heavy atom. The van der Waals surface area contributed by atoms with E-state index in [4.69, 9.17) is 9.47 Å². The molecule has 0 radical (unpaired) electrons. The second kappa shape index (κ2) is 9.51. The number of nitrogens with zero attached hydrogens (tertiary/aromatic N) is 2. The highest BCUT2D eigenvalue weighted by molar-refractivity contribution is 6.22. The third kappa shape index (κ3) is 4.96. The fourth-order valence-electron chi connectivity index (χ4n) is 3.47. The molecule has 1 aliphatic heterocycles. The van der Waals surface area contributed by atoms with Gasteiger partial charge >= 0.3 is 6.03 Å². The first-order valence-corrected chi connectivity index (χ1v) is 10.1. The minimum absolute atomic E-state index is 0.129. The Morgan fingerprint density at radius 3 is 2.03 bits per heavy atom. The Hall–Kier alpha value is -3.55. The van der Waals surface area contributed by atoms with Crippen LogP contribution in [0.4, 0.5) is 16.2 Å². The summed E-state index contributed by atoms with van der Waals surface area (Å²) in [5.74, 6) is 0.673. The zero-order valence-corrected chi connectivity index (χ0v) is 18.1. The van der Waals surface area contributed by atoms with Crippen LogP contribution in [0.5, 0.6) is 11.5 Å². The number of hydrogen-bond donors (Lipinski definition) is 1. The van der Waals surface area contributed by atoms with Gasteiger partial charge in [-0.05, 0) is 54.4 Å². The van der Waals surface area contributed by atoms with Crippen LogP contribution in [0, 0.1) is 5.92 Å². The van der Waals surface area contributed by atoms with E-state index in [2.05, 4.69) is 5.32 Å². The molecule has 1 N–H and O–H groups in total. The van der Waals surface area contributed by atoms with E-state index in [1.807, 2.05) is 13.8 Å². The molecule has 3 rings (SSSR count). The number of anilines is 2. The molecular formula is C23H27N3O5. The average molecular weight is 425 g/mol. The summed E-state index contributed by atoms with van der Waals surface area (Å²) in [5.41, 5.74) is 1.03. The van der Waals surface area contributed by atoms with Crippen molar-refractivity contribution in [2.45, 2.75) is 26.3 Å². The van der Waals surface area contributed by atoms with Crippen molar-refractivity contribution >= 4 is 29.2 Å². The highest BCUT2D eigenvalue weighted by atomic mass is 16.5. The van der Waals surface area contributed by atoms with E-state index >= 15 is 0 Å². The number of benzene rings is 2. The second-order valence-electron chi connectivity index (χ2n) is 7.70. The fraction of sp³-hybridized carbons (Fsp3) is 0.348. The molecule has 0 aliphatic carbocycles. The van der Waals surface area contributed by atoms with Crippen LogP contribution in [0.15, 0.2) is 48.5 Å². The Balaban J connectivity index is 1.79. The van der Waals surface area contributed by atoms with Crippen molar-refractivity contribution in [1.29, 1.82) is 0 Å². The van der Waals surface area contributed by atoms with Crippen LogP contribution < -0.4 is 19.7 Å². The second-order valence-corrected chi connectivity index (χ2v) is 7.70. The molecule has 1 fully saturated rings. The maximum Gasteiger partial charge on any atom is 0.332 e.